The van der Waals surface area contributed by atoms with Gasteiger partial charge in [0.1, 0.15) is 5.52 Å². The van der Waals surface area contributed by atoms with Crippen molar-refractivity contribution in [3.05, 3.63) is 37.1 Å². The maximum atomic E-state index is 10.2. The van der Waals surface area contributed by atoms with Gasteiger partial charge < -0.3 is 15.2 Å². The molecule has 1 aliphatic carbocycles. The number of imidazole rings is 1. The molecule has 9 nitrogen and oxygen atoms in total. The van der Waals surface area contributed by atoms with E-state index in [2.05, 4.69) is 25.4 Å². The molecule has 0 aromatic carbocycles. The van der Waals surface area contributed by atoms with E-state index in [4.69, 9.17) is 4.74 Å². The van der Waals surface area contributed by atoms with E-state index in [0.29, 0.717) is 30.4 Å². The lowest BCUT2D eigenvalue weighted by Crippen LogP contribution is -2.50. The third-order valence-corrected chi connectivity index (χ3v) is 5.47. The normalized spacial score (nSPS) is 21.8. The Morgan fingerprint density at radius 3 is 2.96 bits per heavy atom. The van der Waals surface area contributed by atoms with Gasteiger partial charge >= 0.3 is 0 Å². The fourth-order valence-corrected chi connectivity index (χ4v) is 3.81. The first kappa shape index (κ1) is 16.9. The molecule has 4 aromatic rings. The van der Waals surface area contributed by atoms with E-state index < -0.39 is 5.60 Å². The summed E-state index contributed by atoms with van der Waals surface area (Å²) in [4.78, 5) is 13.1. The Kier molecular flexibility index (Phi) is 3.73. The number of hydrogen-bond donors (Lipinski definition) is 2. The van der Waals surface area contributed by atoms with Crippen molar-refractivity contribution in [1.82, 2.24) is 29.0 Å². The second-order valence-corrected chi connectivity index (χ2v) is 7.27. The van der Waals surface area contributed by atoms with Crippen LogP contribution in [0.4, 0.5) is 5.95 Å². The van der Waals surface area contributed by atoms with Crippen molar-refractivity contribution in [2.45, 2.75) is 37.8 Å². The maximum Gasteiger partial charge on any atom is 0.244 e. The molecule has 1 aliphatic rings. The van der Waals surface area contributed by atoms with Crippen LogP contribution in [0.1, 0.15) is 26.2 Å². The van der Waals surface area contributed by atoms with Gasteiger partial charge in [-0.2, -0.15) is 4.98 Å². The average Bonchev–Trinajstić information content (AvgIpc) is 3.32. The molecule has 5 rings (SSSR count). The smallest absolute Gasteiger partial charge is 0.244 e. The molecular formula is C19H21N7O2. The highest BCUT2D eigenvalue weighted by molar-refractivity contribution is 5.84. The average molecular weight is 379 g/mol. The highest BCUT2D eigenvalue weighted by Crippen LogP contribution is 2.37. The van der Waals surface area contributed by atoms with Gasteiger partial charge in [0, 0.05) is 48.2 Å². The van der Waals surface area contributed by atoms with Crippen molar-refractivity contribution in [2.24, 2.45) is 0 Å². The van der Waals surface area contributed by atoms with E-state index in [1.54, 1.807) is 24.0 Å². The van der Waals surface area contributed by atoms with E-state index in [-0.39, 0.29) is 6.04 Å². The number of ether oxygens (including phenoxy) is 1. The molecular weight excluding hydrogens is 358 g/mol. The summed E-state index contributed by atoms with van der Waals surface area (Å²) in [5.74, 6) is 1.61. The third kappa shape index (κ3) is 2.66. The molecule has 0 unspecified atom stereocenters. The zero-order valence-electron chi connectivity index (χ0n) is 15.7. The lowest BCUT2D eigenvalue weighted by Gasteiger charge is -2.43. The van der Waals surface area contributed by atoms with E-state index in [9.17, 15) is 5.11 Å². The molecule has 0 bridgehead atoms. The minimum absolute atomic E-state index is 0.162. The van der Waals surface area contributed by atoms with Gasteiger partial charge in [0.15, 0.2) is 0 Å². The largest absolute Gasteiger partial charge is 0.479 e. The van der Waals surface area contributed by atoms with Crippen LogP contribution in [-0.4, -0.2) is 52.8 Å². The van der Waals surface area contributed by atoms with E-state index in [0.717, 1.165) is 23.1 Å². The molecule has 0 amide bonds. The number of fused-ring (bicyclic) bond motifs is 2. The molecule has 4 heterocycles. The van der Waals surface area contributed by atoms with Crippen LogP contribution in [0.15, 0.2) is 37.1 Å². The number of aromatic nitrogens is 6. The highest BCUT2D eigenvalue weighted by Gasteiger charge is 2.41. The monoisotopic (exact) mass is 379 g/mol. The molecule has 1 fully saturated rings. The second-order valence-electron chi connectivity index (χ2n) is 7.27. The van der Waals surface area contributed by atoms with E-state index in [1.807, 2.05) is 36.0 Å². The van der Waals surface area contributed by atoms with Gasteiger partial charge in [-0.1, -0.05) is 6.92 Å². The summed E-state index contributed by atoms with van der Waals surface area (Å²) in [6.45, 7) is 2.00. The summed E-state index contributed by atoms with van der Waals surface area (Å²) < 4.78 is 9.18. The molecule has 9 heteroatoms. The van der Waals surface area contributed by atoms with Crippen LogP contribution in [0.5, 0.6) is 5.88 Å². The number of anilines is 1. The molecule has 0 saturated heterocycles. The van der Waals surface area contributed by atoms with Crippen LogP contribution < -0.4 is 10.1 Å². The first-order valence-corrected chi connectivity index (χ1v) is 9.30. The van der Waals surface area contributed by atoms with Gasteiger partial charge in [-0.25, -0.2) is 14.5 Å². The number of nitrogens with one attached hydrogen (secondary N) is 1. The molecule has 0 spiro atoms. The summed E-state index contributed by atoms with van der Waals surface area (Å²) in [6.07, 6.45) is 11.3. The number of aliphatic hydroxyl groups is 1. The van der Waals surface area contributed by atoms with E-state index >= 15 is 0 Å². The minimum Gasteiger partial charge on any atom is -0.479 e. The van der Waals surface area contributed by atoms with Crippen molar-refractivity contribution in [3.63, 3.8) is 0 Å². The first-order chi connectivity index (χ1) is 13.6. The number of hydrogen-bond acceptors (Lipinski definition) is 7. The van der Waals surface area contributed by atoms with Crippen molar-refractivity contribution >= 4 is 17.2 Å². The summed E-state index contributed by atoms with van der Waals surface area (Å²) in [5.41, 5.74) is 2.05. The van der Waals surface area contributed by atoms with Gasteiger partial charge in [0.05, 0.1) is 12.7 Å². The Bertz CT molecular complexity index is 1160. The van der Waals surface area contributed by atoms with Gasteiger partial charge in [0.25, 0.3) is 0 Å². The molecule has 0 aliphatic heterocycles. The van der Waals surface area contributed by atoms with Crippen LogP contribution in [0.25, 0.3) is 22.4 Å². The summed E-state index contributed by atoms with van der Waals surface area (Å²) in [7, 11) is 1.60. The summed E-state index contributed by atoms with van der Waals surface area (Å²) >= 11 is 0. The van der Waals surface area contributed by atoms with E-state index in [1.165, 1.54) is 0 Å². The standard InChI is InChI=1S/C19H21N7O2/c1-3-19(27)8-13(9-19)22-17-23-16(28-2)15-14(4-6-26(15)24-17)12-10-21-18-20-5-7-25(18)11-12/h4-7,10-11,13,27H,3,8-9H2,1-2H3,(H,22,24)/t13-,19+. The Labute approximate surface area is 161 Å². The molecule has 4 aromatic heterocycles. The van der Waals surface area contributed by atoms with Gasteiger partial charge in [-0.15, -0.1) is 5.10 Å². The minimum atomic E-state index is -0.564. The van der Waals surface area contributed by atoms with Crippen LogP contribution in [0.2, 0.25) is 0 Å². The first-order valence-electron chi connectivity index (χ1n) is 9.30. The van der Waals surface area contributed by atoms with Gasteiger partial charge in [-0.05, 0) is 25.3 Å². The Hall–Kier alpha value is -3.20. The van der Waals surface area contributed by atoms with Crippen LogP contribution in [0.3, 0.4) is 0 Å². The molecule has 144 valence electrons. The molecule has 2 N–H and O–H groups in total. The number of rotatable bonds is 5. The van der Waals surface area contributed by atoms with Crippen molar-refractivity contribution in [2.75, 3.05) is 12.4 Å². The van der Waals surface area contributed by atoms with Crippen molar-refractivity contribution < 1.29 is 9.84 Å². The summed E-state index contributed by atoms with van der Waals surface area (Å²) in [5, 5.41) is 18.1. The molecule has 0 radical (unpaired) electrons. The van der Waals surface area contributed by atoms with Crippen LogP contribution >= 0.6 is 0 Å². The van der Waals surface area contributed by atoms with Gasteiger partial charge in [-0.3, -0.25) is 4.40 Å². The highest BCUT2D eigenvalue weighted by atomic mass is 16.5. The zero-order valence-corrected chi connectivity index (χ0v) is 15.7. The fraction of sp³-hybridized carbons (Fsp3) is 0.368. The van der Waals surface area contributed by atoms with Crippen molar-refractivity contribution in [3.8, 4) is 17.0 Å². The van der Waals surface area contributed by atoms with Gasteiger partial charge in [0.2, 0.25) is 17.6 Å². The number of methoxy groups -OCH3 is 1. The number of nitrogens with zero attached hydrogens (tertiary/aromatic N) is 6. The zero-order chi connectivity index (χ0) is 19.3. The third-order valence-electron chi connectivity index (χ3n) is 5.47. The topological polar surface area (TPSA) is 102 Å². The fourth-order valence-electron chi connectivity index (χ4n) is 3.81. The SMILES string of the molecule is CC[C@]1(O)C[C@@H](Nc2nc(OC)c3c(-c4cnc5nccn5c4)ccn3n2)C1. The Balaban J connectivity index is 1.51. The Morgan fingerprint density at radius 1 is 1.32 bits per heavy atom. The predicted molar refractivity (Wildman–Crippen MR) is 103 cm³/mol. The maximum absolute atomic E-state index is 10.2. The molecule has 0 atom stereocenters. The predicted octanol–water partition coefficient (Wildman–Crippen LogP) is 2.16. The van der Waals surface area contributed by atoms with Crippen LogP contribution in [-0.2, 0) is 0 Å². The molecule has 28 heavy (non-hydrogen) atoms. The molecule has 1 saturated carbocycles. The second kappa shape index (κ2) is 6.16. The lowest BCUT2D eigenvalue weighted by molar-refractivity contribution is -0.0442. The lowest BCUT2D eigenvalue weighted by atomic mass is 9.74. The quantitative estimate of drug-likeness (QED) is 0.548. The summed E-state index contributed by atoms with van der Waals surface area (Å²) in [6, 6.07) is 2.13. The van der Waals surface area contributed by atoms with Crippen molar-refractivity contribution in [1.29, 1.82) is 0 Å². The van der Waals surface area contributed by atoms with Crippen LogP contribution in [0, 0.1) is 0 Å². The Morgan fingerprint density at radius 2 is 2.18 bits per heavy atom.